The van der Waals surface area contributed by atoms with Gasteiger partial charge in [-0.3, -0.25) is 4.57 Å². The van der Waals surface area contributed by atoms with Gasteiger partial charge < -0.3 is 4.74 Å². The summed E-state index contributed by atoms with van der Waals surface area (Å²) in [5, 5.41) is 0. The van der Waals surface area contributed by atoms with E-state index in [0.29, 0.717) is 6.61 Å². The molecule has 2 heterocycles. The molecule has 1 aliphatic heterocycles. The minimum atomic E-state index is -0.107. The van der Waals surface area contributed by atoms with Crippen LogP contribution in [0.3, 0.4) is 0 Å². The van der Waals surface area contributed by atoms with Crippen LogP contribution in [0.15, 0.2) is 36.7 Å². The zero-order valence-corrected chi connectivity index (χ0v) is 9.19. The van der Waals surface area contributed by atoms with Gasteiger partial charge in [0.25, 0.3) is 0 Å². The van der Waals surface area contributed by atoms with Gasteiger partial charge in [0.2, 0.25) is 0 Å². The molecule has 1 aromatic heterocycles. The first-order valence-electron chi connectivity index (χ1n) is 5.02. The summed E-state index contributed by atoms with van der Waals surface area (Å²) in [6, 6.07) is 7.75. The molecule has 1 atom stereocenters. The number of ether oxygens (including phenoxy) is 1. The molecular weight excluding hydrogens is 226 g/mol. The summed E-state index contributed by atoms with van der Waals surface area (Å²) < 4.78 is 7.67. The van der Waals surface area contributed by atoms with E-state index < -0.39 is 0 Å². The van der Waals surface area contributed by atoms with Crippen molar-refractivity contribution in [2.45, 2.75) is 6.04 Å². The van der Waals surface area contributed by atoms with Crippen molar-refractivity contribution in [3.05, 3.63) is 42.5 Å². The molecular formula is C11H10ClN3O. The summed E-state index contributed by atoms with van der Waals surface area (Å²) in [7, 11) is 0. The topological polar surface area (TPSA) is 39.1 Å². The number of hydrogen-bond donors (Lipinski definition) is 1. The summed E-state index contributed by atoms with van der Waals surface area (Å²) in [5.74, 6) is 1.70. The van der Waals surface area contributed by atoms with E-state index in [1.165, 1.54) is 0 Å². The molecule has 1 unspecified atom stereocenters. The molecule has 0 saturated carbocycles. The lowest BCUT2D eigenvalue weighted by atomic mass is 10.3. The van der Waals surface area contributed by atoms with Crippen LogP contribution in [0.4, 0.5) is 0 Å². The van der Waals surface area contributed by atoms with E-state index in [0.717, 1.165) is 17.3 Å². The molecule has 4 nitrogen and oxygen atoms in total. The molecule has 0 amide bonds. The maximum absolute atomic E-state index is 5.70. The molecule has 0 saturated heterocycles. The standard InChI is InChI=1S/C11H10ClN3O/c12-14-8-7-16-10-4-2-1-3-9(10)15-6-5-13-11(8)15/h1-6,8,14H,7H2. The van der Waals surface area contributed by atoms with Gasteiger partial charge in [0, 0.05) is 12.4 Å². The van der Waals surface area contributed by atoms with E-state index in [-0.39, 0.29) is 6.04 Å². The van der Waals surface area contributed by atoms with E-state index in [9.17, 15) is 0 Å². The lowest BCUT2D eigenvalue weighted by Gasteiger charge is -2.10. The van der Waals surface area contributed by atoms with Crippen LogP contribution < -0.4 is 9.57 Å². The third kappa shape index (κ3) is 1.38. The van der Waals surface area contributed by atoms with Crippen LogP contribution in [0, 0.1) is 0 Å². The summed E-state index contributed by atoms with van der Waals surface area (Å²) in [6.07, 6.45) is 3.67. The quantitative estimate of drug-likeness (QED) is 0.769. The summed E-state index contributed by atoms with van der Waals surface area (Å²) >= 11 is 5.70. The molecule has 0 bridgehead atoms. The maximum atomic E-state index is 5.70. The fraction of sp³-hybridized carbons (Fsp3) is 0.182. The van der Waals surface area contributed by atoms with E-state index in [1.807, 2.05) is 35.0 Å². The molecule has 1 N–H and O–H groups in total. The predicted octanol–water partition coefficient (Wildman–Crippen LogP) is 2.05. The molecule has 0 spiro atoms. The van der Waals surface area contributed by atoms with Gasteiger partial charge >= 0.3 is 0 Å². The van der Waals surface area contributed by atoms with Crippen molar-refractivity contribution >= 4 is 11.8 Å². The van der Waals surface area contributed by atoms with E-state index >= 15 is 0 Å². The fourth-order valence-corrected chi connectivity index (χ4v) is 2.04. The Morgan fingerprint density at radius 2 is 2.31 bits per heavy atom. The van der Waals surface area contributed by atoms with Gasteiger partial charge in [-0.2, -0.15) is 0 Å². The molecule has 0 aliphatic carbocycles. The lowest BCUT2D eigenvalue weighted by Crippen LogP contribution is -2.20. The molecule has 2 aromatic rings. The number of nitrogens with zero attached hydrogens (tertiary/aromatic N) is 2. The highest BCUT2D eigenvalue weighted by atomic mass is 35.5. The molecule has 3 rings (SSSR count). The third-order valence-corrected chi connectivity index (χ3v) is 2.91. The van der Waals surface area contributed by atoms with Crippen molar-refractivity contribution in [1.29, 1.82) is 0 Å². The monoisotopic (exact) mass is 235 g/mol. The Kier molecular flexibility index (Phi) is 2.31. The van der Waals surface area contributed by atoms with Gasteiger partial charge in [0.1, 0.15) is 24.2 Å². The molecule has 1 aromatic carbocycles. The molecule has 16 heavy (non-hydrogen) atoms. The van der Waals surface area contributed by atoms with Crippen LogP contribution in [0.2, 0.25) is 0 Å². The minimum Gasteiger partial charge on any atom is -0.489 e. The first kappa shape index (κ1) is 9.69. The Morgan fingerprint density at radius 1 is 1.44 bits per heavy atom. The minimum absolute atomic E-state index is 0.107. The van der Waals surface area contributed by atoms with Crippen molar-refractivity contribution in [1.82, 2.24) is 14.4 Å². The Hall–Kier alpha value is -1.52. The van der Waals surface area contributed by atoms with Gasteiger partial charge in [0.05, 0.1) is 5.69 Å². The van der Waals surface area contributed by atoms with Gasteiger partial charge in [-0.05, 0) is 23.9 Å². The second-order valence-corrected chi connectivity index (χ2v) is 3.81. The Bertz CT molecular complexity index is 511. The fourth-order valence-electron chi connectivity index (χ4n) is 1.88. The number of aromatic nitrogens is 2. The number of rotatable bonds is 1. The van der Waals surface area contributed by atoms with E-state index in [2.05, 4.69) is 9.82 Å². The van der Waals surface area contributed by atoms with Gasteiger partial charge in [0.15, 0.2) is 0 Å². The van der Waals surface area contributed by atoms with E-state index in [4.69, 9.17) is 16.5 Å². The summed E-state index contributed by atoms with van der Waals surface area (Å²) in [6.45, 7) is 0.470. The summed E-state index contributed by atoms with van der Waals surface area (Å²) in [5.41, 5.74) is 0.990. The summed E-state index contributed by atoms with van der Waals surface area (Å²) in [4.78, 5) is 6.99. The number of hydrogen-bond acceptors (Lipinski definition) is 3. The van der Waals surface area contributed by atoms with Crippen LogP contribution in [0.5, 0.6) is 5.75 Å². The number of para-hydroxylation sites is 2. The smallest absolute Gasteiger partial charge is 0.143 e. The lowest BCUT2D eigenvalue weighted by molar-refractivity contribution is 0.285. The molecule has 0 fully saturated rings. The normalized spacial score (nSPS) is 18.2. The average molecular weight is 236 g/mol. The zero-order chi connectivity index (χ0) is 11.0. The molecule has 0 radical (unpaired) electrons. The first-order chi connectivity index (χ1) is 7.90. The Balaban J connectivity index is 2.20. The van der Waals surface area contributed by atoms with E-state index in [1.54, 1.807) is 6.20 Å². The predicted molar refractivity (Wildman–Crippen MR) is 60.8 cm³/mol. The van der Waals surface area contributed by atoms with Crippen molar-refractivity contribution < 1.29 is 4.74 Å². The van der Waals surface area contributed by atoms with Crippen LogP contribution in [0.25, 0.3) is 5.69 Å². The number of imidazole rings is 1. The first-order valence-corrected chi connectivity index (χ1v) is 5.39. The molecule has 5 heteroatoms. The van der Waals surface area contributed by atoms with Crippen molar-refractivity contribution in [3.8, 4) is 11.4 Å². The van der Waals surface area contributed by atoms with Gasteiger partial charge in [-0.25, -0.2) is 9.82 Å². The van der Waals surface area contributed by atoms with Crippen LogP contribution >= 0.6 is 11.8 Å². The number of benzene rings is 1. The average Bonchev–Trinajstić information content (AvgIpc) is 2.74. The van der Waals surface area contributed by atoms with Crippen LogP contribution in [-0.4, -0.2) is 16.2 Å². The van der Waals surface area contributed by atoms with Crippen molar-refractivity contribution in [2.75, 3.05) is 6.61 Å². The Labute approximate surface area is 97.9 Å². The number of halogens is 1. The SMILES string of the molecule is ClNC1COc2ccccc2-n2ccnc21. The van der Waals surface area contributed by atoms with Gasteiger partial charge in [-0.1, -0.05) is 12.1 Å². The highest BCUT2D eigenvalue weighted by Crippen LogP contribution is 2.29. The molecule has 82 valence electrons. The van der Waals surface area contributed by atoms with Crippen molar-refractivity contribution in [3.63, 3.8) is 0 Å². The number of fused-ring (bicyclic) bond motifs is 3. The van der Waals surface area contributed by atoms with Crippen LogP contribution in [-0.2, 0) is 0 Å². The largest absolute Gasteiger partial charge is 0.489 e. The number of nitrogens with one attached hydrogen (secondary N) is 1. The third-order valence-electron chi connectivity index (χ3n) is 2.64. The zero-order valence-electron chi connectivity index (χ0n) is 8.43. The maximum Gasteiger partial charge on any atom is 0.143 e. The highest BCUT2D eigenvalue weighted by molar-refractivity contribution is 6.13. The highest BCUT2D eigenvalue weighted by Gasteiger charge is 2.23. The Morgan fingerprint density at radius 3 is 3.19 bits per heavy atom. The van der Waals surface area contributed by atoms with Crippen molar-refractivity contribution in [2.24, 2.45) is 0 Å². The van der Waals surface area contributed by atoms with Crippen LogP contribution in [0.1, 0.15) is 11.9 Å². The second-order valence-electron chi connectivity index (χ2n) is 3.60. The molecule has 1 aliphatic rings. The van der Waals surface area contributed by atoms with Gasteiger partial charge in [-0.15, -0.1) is 0 Å². The second kappa shape index (κ2) is 3.81.